The normalized spacial score (nSPS) is 17.1. The van der Waals surface area contributed by atoms with E-state index in [0.29, 0.717) is 24.3 Å². The third-order valence-corrected chi connectivity index (χ3v) is 3.27. The van der Waals surface area contributed by atoms with Gasteiger partial charge < -0.3 is 21.1 Å². The average molecular weight is 290 g/mol. The first kappa shape index (κ1) is 15.2. The number of hydrogen-bond donors (Lipinski definition) is 3. The number of nitrogens with one attached hydrogen (secondary N) is 2. The molecule has 1 aliphatic rings. The fourth-order valence-corrected chi connectivity index (χ4v) is 2.03. The van der Waals surface area contributed by atoms with Crippen molar-refractivity contribution in [3.8, 4) is 5.88 Å². The van der Waals surface area contributed by atoms with E-state index in [0.717, 1.165) is 31.5 Å². The molecule has 1 fully saturated rings. The summed E-state index contributed by atoms with van der Waals surface area (Å²) < 4.78 is 5.03. The van der Waals surface area contributed by atoms with Gasteiger partial charge in [-0.3, -0.25) is 9.98 Å². The summed E-state index contributed by atoms with van der Waals surface area (Å²) in [5.41, 5.74) is 6.56. The molecular weight excluding hydrogens is 268 g/mol. The molecule has 1 saturated heterocycles. The van der Waals surface area contributed by atoms with Gasteiger partial charge in [0.25, 0.3) is 0 Å². The van der Waals surface area contributed by atoms with Crippen LogP contribution in [0.2, 0.25) is 0 Å². The number of anilines is 1. The van der Waals surface area contributed by atoms with Crippen LogP contribution in [0.25, 0.3) is 0 Å². The maximum atomic E-state index is 5.64. The summed E-state index contributed by atoms with van der Waals surface area (Å²) in [6.07, 6.45) is 8.75. The topological polar surface area (TPSA) is 97.5 Å². The molecule has 4 N–H and O–H groups in total. The van der Waals surface area contributed by atoms with Crippen molar-refractivity contribution in [1.82, 2.24) is 15.3 Å². The van der Waals surface area contributed by atoms with E-state index in [9.17, 15) is 0 Å². The molecule has 0 atom stereocenters. The number of piperidine rings is 1. The molecule has 0 unspecified atom stereocenters. The van der Waals surface area contributed by atoms with E-state index in [4.69, 9.17) is 10.5 Å². The fraction of sp³-hybridized carbons (Fsp3) is 0.500. The molecule has 0 amide bonds. The Morgan fingerprint density at radius 3 is 3.05 bits per heavy atom. The number of methoxy groups -OCH3 is 1. The smallest absolute Gasteiger partial charge is 0.233 e. The number of nitrogens with two attached hydrogens (primary N) is 1. The second kappa shape index (κ2) is 8.21. The van der Waals surface area contributed by atoms with Gasteiger partial charge in [-0.1, -0.05) is 0 Å². The predicted octanol–water partition coefficient (Wildman–Crippen LogP) is 0.563. The summed E-state index contributed by atoms with van der Waals surface area (Å²) >= 11 is 0. The Kier molecular flexibility index (Phi) is 5.96. The number of hydrogen-bond acceptors (Lipinski definition) is 7. The highest BCUT2D eigenvalue weighted by molar-refractivity contribution is 5.79. The van der Waals surface area contributed by atoms with Crippen molar-refractivity contribution in [1.29, 1.82) is 0 Å². The first-order chi connectivity index (χ1) is 10.3. The van der Waals surface area contributed by atoms with E-state index < -0.39 is 0 Å². The minimum absolute atomic E-state index is 0.387. The number of aromatic nitrogens is 2. The van der Waals surface area contributed by atoms with E-state index in [1.165, 1.54) is 0 Å². The highest BCUT2D eigenvalue weighted by Crippen LogP contribution is 2.09. The maximum Gasteiger partial charge on any atom is 0.233 e. The van der Waals surface area contributed by atoms with Crippen molar-refractivity contribution in [2.75, 3.05) is 32.1 Å². The van der Waals surface area contributed by atoms with Gasteiger partial charge in [0, 0.05) is 24.5 Å². The van der Waals surface area contributed by atoms with Crippen molar-refractivity contribution in [3.05, 3.63) is 24.2 Å². The lowest BCUT2D eigenvalue weighted by molar-refractivity contribution is 0.396. The standard InChI is InChI=1S/C14H22N6O/c1-21-14-10-17-9-13(20-14)19-8-11(6-15)7-18-12-2-4-16-5-3-12/h6-7,9-10,12,16H,2-5,8,15H2,1H3,(H,19,20)/b11-6+,18-7?. The number of nitrogens with zero attached hydrogens (tertiary/aromatic N) is 3. The van der Waals surface area contributed by atoms with Crippen LogP contribution in [0.3, 0.4) is 0 Å². The van der Waals surface area contributed by atoms with Crippen LogP contribution in [0.4, 0.5) is 5.82 Å². The van der Waals surface area contributed by atoms with Crippen LogP contribution in [0.1, 0.15) is 12.8 Å². The Labute approximate surface area is 124 Å². The van der Waals surface area contributed by atoms with Gasteiger partial charge in [0.15, 0.2) is 0 Å². The number of aliphatic imine (C=N–C) groups is 1. The molecule has 7 heteroatoms. The summed E-state index contributed by atoms with van der Waals surface area (Å²) in [6.45, 7) is 2.61. The second-order valence-electron chi connectivity index (χ2n) is 4.80. The summed E-state index contributed by atoms with van der Waals surface area (Å²) in [5, 5.41) is 6.47. The Balaban J connectivity index is 1.85. The molecule has 1 aromatic heterocycles. The molecule has 114 valence electrons. The third-order valence-electron chi connectivity index (χ3n) is 3.27. The zero-order valence-electron chi connectivity index (χ0n) is 12.2. The zero-order chi connectivity index (χ0) is 14.9. The first-order valence-corrected chi connectivity index (χ1v) is 7.06. The molecule has 7 nitrogen and oxygen atoms in total. The molecule has 2 heterocycles. The minimum atomic E-state index is 0.387. The quantitative estimate of drug-likeness (QED) is 0.662. The molecule has 1 aliphatic heterocycles. The Morgan fingerprint density at radius 1 is 1.52 bits per heavy atom. The molecule has 0 spiro atoms. The van der Waals surface area contributed by atoms with Gasteiger partial charge in [0.2, 0.25) is 5.88 Å². The lowest BCUT2D eigenvalue weighted by atomic mass is 10.1. The third kappa shape index (κ3) is 5.03. The molecule has 0 radical (unpaired) electrons. The van der Waals surface area contributed by atoms with Crippen LogP contribution in [-0.2, 0) is 0 Å². The molecule has 0 aromatic carbocycles. The molecule has 21 heavy (non-hydrogen) atoms. The van der Waals surface area contributed by atoms with Crippen LogP contribution < -0.4 is 21.1 Å². The van der Waals surface area contributed by atoms with Crippen LogP contribution in [0.15, 0.2) is 29.2 Å². The van der Waals surface area contributed by atoms with Crippen molar-refractivity contribution in [2.24, 2.45) is 10.7 Å². The van der Waals surface area contributed by atoms with E-state index in [2.05, 4.69) is 25.6 Å². The molecule has 2 rings (SSSR count). The molecule has 0 saturated carbocycles. The lowest BCUT2D eigenvalue weighted by Crippen LogP contribution is -2.30. The second-order valence-corrected chi connectivity index (χ2v) is 4.80. The van der Waals surface area contributed by atoms with Gasteiger partial charge in [0.05, 0.1) is 25.5 Å². The molecule has 1 aromatic rings. The number of ether oxygens (including phenoxy) is 1. The monoisotopic (exact) mass is 290 g/mol. The van der Waals surface area contributed by atoms with Crippen LogP contribution in [0, 0.1) is 0 Å². The summed E-state index contributed by atoms with van der Waals surface area (Å²) in [4.78, 5) is 12.9. The largest absolute Gasteiger partial charge is 0.480 e. The predicted molar refractivity (Wildman–Crippen MR) is 83.7 cm³/mol. The SMILES string of the molecule is COc1cncc(NC/C(C=NC2CCNCC2)=C/N)n1. The van der Waals surface area contributed by atoms with Gasteiger partial charge in [-0.15, -0.1) is 0 Å². The number of rotatable bonds is 6. The van der Waals surface area contributed by atoms with Gasteiger partial charge in [-0.2, -0.15) is 4.98 Å². The van der Waals surface area contributed by atoms with Gasteiger partial charge in [-0.05, 0) is 25.9 Å². The fourth-order valence-electron chi connectivity index (χ4n) is 2.03. The van der Waals surface area contributed by atoms with Crippen LogP contribution >= 0.6 is 0 Å². The summed E-state index contributed by atoms with van der Waals surface area (Å²) in [6, 6.07) is 0.387. The summed E-state index contributed by atoms with van der Waals surface area (Å²) in [7, 11) is 1.56. The van der Waals surface area contributed by atoms with E-state index in [-0.39, 0.29) is 0 Å². The van der Waals surface area contributed by atoms with Crippen molar-refractivity contribution in [3.63, 3.8) is 0 Å². The first-order valence-electron chi connectivity index (χ1n) is 7.06. The zero-order valence-corrected chi connectivity index (χ0v) is 12.2. The van der Waals surface area contributed by atoms with Gasteiger partial charge in [-0.25, -0.2) is 0 Å². The highest BCUT2D eigenvalue weighted by atomic mass is 16.5. The minimum Gasteiger partial charge on any atom is -0.480 e. The summed E-state index contributed by atoms with van der Waals surface area (Å²) in [5.74, 6) is 1.12. The molecule has 0 bridgehead atoms. The highest BCUT2D eigenvalue weighted by Gasteiger charge is 2.10. The van der Waals surface area contributed by atoms with Crippen LogP contribution in [-0.4, -0.2) is 49.0 Å². The van der Waals surface area contributed by atoms with Gasteiger partial charge >= 0.3 is 0 Å². The van der Waals surface area contributed by atoms with Gasteiger partial charge in [0.1, 0.15) is 5.82 Å². The van der Waals surface area contributed by atoms with Crippen molar-refractivity contribution in [2.45, 2.75) is 18.9 Å². The van der Waals surface area contributed by atoms with E-state index >= 15 is 0 Å². The van der Waals surface area contributed by atoms with Crippen molar-refractivity contribution >= 4 is 12.0 Å². The van der Waals surface area contributed by atoms with E-state index in [1.54, 1.807) is 25.7 Å². The molecule has 0 aliphatic carbocycles. The molecular formula is C14H22N6O. The lowest BCUT2D eigenvalue weighted by Gasteiger charge is -2.18. The Hall–Kier alpha value is -2.15. The Bertz CT molecular complexity index is 496. The van der Waals surface area contributed by atoms with Crippen molar-refractivity contribution < 1.29 is 4.74 Å². The maximum absolute atomic E-state index is 5.64. The Morgan fingerprint density at radius 2 is 2.33 bits per heavy atom. The average Bonchev–Trinajstić information content (AvgIpc) is 2.56. The van der Waals surface area contributed by atoms with Crippen LogP contribution in [0.5, 0.6) is 5.88 Å². The van der Waals surface area contributed by atoms with E-state index in [1.807, 2.05) is 6.21 Å².